The van der Waals surface area contributed by atoms with Crippen LogP contribution in [0.4, 0.5) is 0 Å². The van der Waals surface area contributed by atoms with Gasteiger partial charge in [0.25, 0.3) is 0 Å². The molecule has 2 fully saturated rings. The van der Waals surface area contributed by atoms with Crippen LogP contribution in [0.5, 0.6) is 0 Å². The molecule has 2 atom stereocenters. The first-order chi connectivity index (χ1) is 8.06. The van der Waals surface area contributed by atoms with Gasteiger partial charge in [-0.05, 0) is 12.8 Å². The van der Waals surface area contributed by atoms with Gasteiger partial charge in [0.1, 0.15) is 12.1 Å². The van der Waals surface area contributed by atoms with Crippen molar-refractivity contribution in [1.29, 1.82) is 0 Å². The number of imide groups is 1. The van der Waals surface area contributed by atoms with Crippen molar-refractivity contribution < 1.29 is 19.2 Å². The van der Waals surface area contributed by atoms with Crippen LogP contribution in [0.2, 0.25) is 0 Å². The van der Waals surface area contributed by atoms with Crippen molar-refractivity contribution in [3.8, 4) is 0 Å². The Kier molecular flexibility index (Phi) is 3.08. The Hall–Kier alpha value is -1.92. The number of amides is 4. The van der Waals surface area contributed by atoms with E-state index in [1.807, 2.05) is 0 Å². The Morgan fingerprint density at radius 3 is 2.41 bits per heavy atom. The Balaban J connectivity index is 1.88. The summed E-state index contributed by atoms with van der Waals surface area (Å²) < 4.78 is 0. The van der Waals surface area contributed by atoms with Gasteiger partial charge in [-0.1, -0.05) is 0 Å². The van der Waals surface area contributed by atoms with Crippen LogP contribution in [0.3, 0.4) is 0 Å². The van der Waals surface area contributed by atoms with Crippen molar-refractivity contribution in [1.82, 2.24) is 16.0 Å². The summed E-state index contributed by atoms with van der Waals surface area (Å²) in [7, 11) is 0. The van der Waals surface area contributed by atoms with Gasteiger partial charge in [0, 0.05) is 12.8 Å². The zero-order valence-corrected chi connectivity index (χ0v) is 9.12. The van der Waals surface area contributed by atoms with Gasteiger partial charge in [-0.15, -0.1) is 0 Å². The molecule has 7 heteroatoms. The van der Waals surface area contributed by atoms with Crippen molar-refractivity contribution >= 4 is 23.6 Å². The highest BCUT2D eigenvalue weighted by atomic mass is 16.2. The first-order valence-corrected chi connectivity index (χ1v) is 5.49. The average Bonchev–Trinajstić information content (AvgIpc) is 2.69. The molecule has 2 rings (SSSR count). The summed E-state index contributed by atoms with van der Waals surface area (Å²) in [4.78, 5) is 44.9. The van der Waals surface area contributed by atoms with E-state index in [1.54, 1.807) is 0 Å². The molecule has 0 aromatic rings. The molecule has 0 aromatic carbocycles. The molecule has 2 saturated heterocycles. The van der Waals surface area contributed by atoms with Crippen LogP contribution >= 0.6 is 0 Å². The van der Waals surface area contributed by atoms with E-state index in [4.69, 9.17) is 0 Å². The molecule has 7 nitrogen and oxygen atoms in total. The summed E-state index contributed by atoms with van der Waals surface area (Å²) in [5.74, 6) is -1.34. The average molecular weight is 239 g/mol. The van der Waals surface area contributed by atoms with Gasteiger partial charge in [-0.2, -0.15) is 0 Å². The highest BCUT2D eigenvalue weighted by Gasteiger charge is 2.32. The molecule has 2 aliphatic rings. The van der Waals surface area contributed by atoms with Gasteiger partial charge in [0.05, 0.1) is 0 Å². The summed E-state index contributed by atoms with van der Waals surface area (Å²) >= 11 is 0. The Morgan fingerprint density at radius 1 is 1.12 bits per heavy atom. The molecular formula is C10H13N3O4. The lowest BCUT2D eigenvalue weighted by molar-refractivity contribution is -0.137. The SMILES string of the molecule is O=C1CCC(NC(=O)[C@H]2CCC(=O)N2)C(=O)N1. The summed E-state index contributed by atoms with van der Waals surface area (Å²) in [6, 6.07) is -1.24. The van der Waals surface area contributed by atoms with Crippen LogP contribution in [0.25, 0.3) is 0 Å². The summed E-state index contributed by atoms with van der Waals surface area (Å²) in [5, 5.41) is 7.21. The van der Waals surface area contributed by atoms with E-state index in [1.165, 1.54) is 0 Å². The topological polar surface area (TPSA) is 104 Å². The molecule has 2 heterocycles. The monoisotopic (exact) mass is 239 g/mol. The molecule has 3 N–H and O–H groups in total. The van der Waals surface area contributed by atoms with Gasteiger partial charge < -0.3 is 10.6 Å². The Labute approximate surface area is 97.3 Å². The molecule has 17 heavy (non-hydrogen) atoms. The normalized spacial score (nSPS) is 28.6. The van der Waals surface area contributed by atoms with E-state index < -0.39 is 18.0 Å². The highest BCUT2D eigenvalue weighted by Crippen LogP contribution is 2.09. The molecule has 2 aliphatic heterocycles. The number of hydrogen-bond acceptors (Lipinski definition) is 4. The lowest BCUT2D eigenvalue weighted by Crippen LogP contribution is -2.55. The van der Waals surface area contributed by atoms with Crippen molar-refractivity contribution in [3.05, 3.63) is 0 Å². The number of hydrogen-bond donors (Lipinski definition) is 3. The maximum atomic E-state index is 11.7. The Bertz CT molecular complexity index is 393. The second-order valence-electron chi connectivity index (χ2n) is 4.17. The molecule has 0 saturated carbocycles. The molecule has 0 aromatic heterocycles. The third kappa shape index (κ3) is 2.61. The smallest absolute Gasteiger partial charge is 0.249 e. The van der Waals surface area contributed by atoms with E-state index in [-0.39, 0.29) is 24.1 Å². The first-order valence-electron chi connectivity index (χ1n) is 5.49. The lowest BCUT2D eigenvalue weighted by Gasteiger charge is -2.23. The number of carbonyl (C=O) groups is 4. The summed E-state index contributed by atoms with van der Waals surface area (Å²) in [6.07, 6.45) is 1.29. The van der Waals surface area contributed by atoms with Gasteiger partial charge in [0.15, 0.2) is 0 Å². The molecular weight excluding hydrogens is 226 g/mol. The van der Waals surface area contributed by atoms with Crippen molar-refractivity contribution in [2.45, 2.75) is 37.8 Å². The maximum Gasteiger partial charge on any atom is 0.249 e. The van der Waals surface area contributed by atoms with E-state index in [2.05, 4.69) is 16.0 Å². The summed E-state index contributed by atoms with van der Waals surface area (Å²) in [6.45, 7) is 0. The van der Waals surface area contributed by atoms with Gasteiger partial charge >= 0.3 is 0 Å². The fourth-order valence-corrected chi connectivity index (χ4v) is 1.91. The van der Waals surface area contributed by atoms with E-state index in [9.17, 15) is 19.2 Å². The minimum Gasteiger partial charge on any atom is -0.344 e. The van der Waals surface area contributed by atoms with Crippen LogP contribution in [0, 0.1) is 0 Å². The first kappa shape index (κ1) is 11.6. The Morgan fingerprint density at radius 2 is 1.82 bits per heavy atom. The van der Waals surface area contributed by atoms with Crippen LogP contribution in [0.1, 0.15) is 25.7 Å². The fourth-order valence-electron chi connectivity index (χ4n) is 1.91. The van der Waals surface area contributed by atoms with Crippen LogP contribution < -0.4 is 16.0 Å². The van der Waals surface area contributed by atoms with Crippen LogP contribution in [-0.4, -0.2) is 35.7 Å². The molecule has 1 unspecified atom stereocenters. The molecule has 92 valence electrons. The minimum absolute atomic E-state index is 0.159. The fraction of sp³-hybridized carbons (Fsp3) is 0.600. The predicted molar refractivity (Wildman–Crippen MR) is 55.5 cm³/mol. The van der Waals surface area contributed by atoms with Crippen molar-refractivity contribution in [2.24, 2.45) is 0 Å². The van der Waals surface area contributed by atoms with Gasteiger partial charge in [-0.3, -0.25) is 24.5 Å². The van der Waals surface area contributed by atoms with Crippen LogP contribution in [0.15, 0.2) is 0 Å². The third-order valence-corrected chi connectivity index (χ3v) is 2.87. The second-order valence-corrected chi connectivity index (χ2v) is 4.17. The number of nitrogens with one attached hydrogen (secondary N) is 3. The highest BCUT2D eigenvalue weighted by molar-refractivity contribution is 6.02. The molecule has 0 radical (unpaired) electrons. The predicted octanol–water partition coefficient (Wildman–Crippen LogP) is -1.81. The molecule has 4 amide bonds. The van der Waals surface area contributed by atoms with E-state index in [0.29, 0.717) is 19.3 Å². The van der Waals surface area contributed by atoms with E-state index >= 15 is 0 Å². The van der Waals surface area contributed by atoms with Crippen molar-refractivity contribution in [2.75, 3.05) is 0 Å². The molecule has 0 bridgehead atoms. The quantitative estimate of drug-likeness (QED) is 0.494. The lowest BCUT2D eigenvalue weighted by atomic mass is 10.1. The zero-order valence-electron chi connectivity index (χ0n) is 9.12. The number of rotatable bonds is 2. The van der Waals surface area contributed by atoms with Gasteiger partial charge in [-0.25, -0.2) is 0 Å². The molecule has 0 aliphatic carbocycles. The number of carbonyl (C=O) groups excluding carboxylic acids is 4. The van der Waals surface area contributed by atoms with Gasteiger partial charge in [0.2, 0.25) is 23.6 Å². The number of piperidine rings is 1. The van der Waals surface area contributed by atoms with Crippen molar-refractivity contribution in [3.63, 3.8) is 0 Å². The van der Waals surface area contributed by atoms with E-state index in [0.717, 1.165) is 0 Å². The maximum absolute atomic E-state index is 11.7. The second kappa shape index (κ2) is 4.52. The largest absolute Gasteiger partial charge is 0.344 e. The summed E-state index contributed by atoms with van der Waals surface area (Å²) in [5.41, 5.74) is 0. The zero-order chi connectivity index (χ0) is 12.4. The third-order valence-electron chi connectivity index (χ3n) is 2.87. The minimum atomic E-state index is -0.683. The standard InChI is InChI=1S/C10H13N3O4/c14-7-3-1-5(11-7)9(16)12-6-2-4-8(15)13-10(6)17/h5-6H,1-4H2,(H,11,14)(H,12,16)(H,13,15,17)/t5-,6?/m1/s1. The van der Waals surface area contributed by atoms with Crippen LogP contribution in [-0.2, 0) is 19.2 Å². The molecule has 0 spiro atoms.